The highest BCUT2D eigenvalue weighted by molar-refractivity contribution is 5.74. The molecule has 1 aromatic rings. The molecule has 3 N–H and O–H groups in total. The molecule has 16 heavy (non-hydrogen) atoms. The van der Waals surface area contributed by atoms with Crippen LogP contribution in [-0.4, -0.2) is 12.1 Å². The molecular weight excluding hydrogens is 200 g/mol. The number of hydrogen-bond acceptors (Lipinski definition) is 3. The molecule has 3 heteroatoms. The van der Waals surface area contributed by atoms with Crippen molar-refractivity contribution in [2.45, 2.75) is 38.6 Å². The van der Waals surface area contributed by atoms with E-state index in [2.05, 4.69) is 19.2 Å². The first-order valence-corrected chi connectivity index (χ1v) is 5.94. The molecular formula is C13H20N2O. The molecule has 2 rings (SSSR count). The van der Waals surface area contributed by atoms with E-state index in [9.17, 15) is 0 Å². The fourth-order valence-electron chi connectivity index (χ4n) is 1.63. The Kier molecular flexibility index (Phi) is 2.95. The topological polar surface area (TPSA) is 47.3 Å². The Morgan fingerprint density at radius 3 is 2.81 bits per heavy atom. The summed E-state index contributed by atoms with van der Waals surface area (Å²) < 4.78 is 5.60. The molecule has 0 aromatic heterocycles. The van der Waals surface area contributed by atoms with E-state index in [1.54, 1.807) is 0 Å². The summed E-state index contributed by atoms with van der Waals surface area (Å²) in [6, 6.07) is 5.92. The summed E-state index contributed by atoms with van der Waals surface area (Å²) in [6.45, 7) is 5.01. The second-order valence-electron chi connectivity index (χ2n) is 4.75. The standard InChI is InChI=1S/C13H20N2O/c1-3-9-16-11-6-4-5-10(12(11)14)15-13(2)7-8-13/h4-6,15H,3,7-9,14H2,1-2H3. The SMILES string of the molecule is CCCOc1cccc(NC2(C)CC2)c1N. The molecule has 0 amide bonds. The van der Waals surface area contributed by atoms with Gasteiger partial charge in [-0.15, -0.1) is 0 Å². The zero-order chi connectivity index (χ0) is 11.6. The van der Waals surface area contributed by atoms with Crippen molar-refractivity contribution in [3.63, 3.8) is 0 Å². The second kappa shape index (κ2) is 4.24. The second-order valence-corrected chi connectivity index (χ2v) is 4.75. The van der Waals surface area contributed by atoms with Gasteiger partial charge in [0.15, 0.2) is 0 Å². The Morgan fingerprint density at radius 2 is 2.19 bits per heavy atom. The monoisotopic (exact) mass is 220 g/mol. The normalized spacial score (nSPS) is 16.9. The van der Waals surface area contributed by atoms with Gasteiger partial charge in [-0.05, 0) is 38.3 Å². The minimum atomic E-state index is 0.248. The summed E-state index contributed by atoms with van der Waals surface area (Å²) in [7, 11) is 0. The van der Waals surface area contributed by atoms with Crippen LogP contribution in [0.25, 0.3) is 0 Å². The molecule has 0 aliphatic heterocycles. The van der Waals surface area contributed by atoms with Crippen LogP contribution in [0, 0.1) is 0 Å². The third kappa shape index (κ3) is 2.40. The Labute approximate surface area is 97.0 Å². The van der Waals surface area contributed by atoms with E-state index in [1.807, 2.05) is 18.2 Å². The molecule has 0 heterocycles. The number of nitrogen functional groups attached to an aromatic ring is 1. The van der Waals surface area contributed by atoms with Crippen LogP contribution in [0.3, 0.4) is 0 Å². The molecule has 0 radical (unpaired) electrons. The van der Waals surface area contributed by atoms with E-state index in [0.717, 1.165) is 23.5 Å². The first kappa shape index (κ1) is 11.1. The number of para-hydroxylation sites is 1. The molecule has 1 aliphatic rings. The van der Waals surface area contributed by atoms with Gasteiger partial charge in [-0.1, -0.05) is 13.0 Å². The lowest BCUT2D eigenvalue weighted by atomic mass is 10.2. The third-order valence-corrected chi connectivity index (χ3v) is 2.96. The van der Waals surface area contributed by atoms with Gasteiger partial charge in [0.25, 0.3) is 0 Å². The predicted molar refractivity (Wildman–Crippen MR) is 67.9 cm³/mol. The van der Waals surface area contributed by atoms with Crippen molar-refractivity contribution in [2.75, 3.05) is 17.7 Å². The van der Waals surface area contributed by atoms with Crippen molar-refractivity contribution < 1.29 is 4.74 Å². The van der Waals surface area contributed by atoms with Crippen molar-refractivity contribution in [1.82, 2.24) is 0 Å². The van der Waals surface area contributed by atoms with Crippen LogP contribution in [-0.2, 0) is 0 Å². The van der Waals surface area contributed by atoms with Gasteiger partial charge in [-0.3, -0.25) is 0 Å². The lowest BCUT2D eigenvalue weighted by Gasteiger charge is -2.17. The van der Waals surface area contributed by atoms with Crippen molar-refractivity contribution in [1.29, 1.82) is 0 Å². The number of benzene rings is 1. The first-order chi connectivity index (χ1) is 7.64. The lowest BCUT2D eigenvalue weighted by Crippen LogP contribution is -2.17. The maximum atomic E-state index is 6.07. The van der Waals surface area contributed by atoms with E-state index in [1.165, 1.54) is 12.8 Å². The summed E-state index contributed by atoms with van der Waals surface area (Å²) in [5.41, 5.74) is 8.04. The van der Waals surface area contributed by atoms with Crippen molar-refractivity contribution >= 4 is 11.4 Å². The van der Waals surface area contributed by atoms with E-state index in [4.69, 9.17) is 10.5 Å². The zero-order valence-corrected chi connectivity index (χ0v) is 10.0. The molecule has 1 saturated carbocycles. The largest absolute Gasteiger partial charge is 0.491 e. The number of anilines is 2. The number of ether oxygens (including phenoxy) is 1. The Bertz CT molecular complexity index is 372. The van der Waals surface area contributed by atoms with Crippen LogP contribution in [0.15, 0.2) is 18.2 Å². The van der Waals surface area contributed by atoms with Gasteiger partial charge in [0.2, 0.25) is 0 Å². The number of hydrogen-bond donors (Lipinski definition) is 2. The maximum Gasteiger partial charge on any atom is 0.144 e. The minimum Gasteiger partial charge on any atom is -0.491 e. The highest BCUT2D eigenvalue weighted by Crippen LogP contribution is 2.41. The fourth-order valence-corrected chi connectivity index (χ4v) is 1.63. The smallest absolute Gasteiger partial charge is 0.144 e. The molecule has 0 spiro atoms. The van der Waals surface area contributed by atoms with Crippen LogP contribution in [0.5, 0.6) is 5.75 Å². The quantitative estimate of drug-likeness (QED) is 0.750. The maximum absolute atomic E-state index is 6.07. The van der Waals surface area contributed by atoms with E-state index < -0.39 is 0 Å². The van der Waals surface area contributed by atoms with Crippen molar-refractivity contribution in [3.05, 3.63) is 18.2 Å². The highest BCUT2D eigenvalue weighted by Gasteiger charge is 2.37. The Hall–Kier alpha value is -1.38. The van der Waals surface area contributed by atoms with E-state index in [-0.39, 0.29) is 5.54 Å². The van der Waals surface area contributed by atoms with Gasteiger partial charge in [-0.25, -0.2) is 0 Å². The van der Waals surface area contributed by atoms with Gasteiger partial charge in [-0.2, -0.15) is 0 Å². The van der Waals surface area contributed by atoms with Crippen LogP contribution in [0.1, 0.15) is 33.1 Å². The van der Waals surface area contributed by atoms with Gasteiger partial charge >= 0.3 is 0 Å². The molecule has 3 nitrogen and oxygen atoms in total. The molecule has 1 fully saturated rings. The molecule has 88 valence electrons. The Balaban J connectivity index is 2.12. The number of nitrogens with one attached hydrogen (secondary N) is 1. The lowest BCUT2D eigenvalue weighted by molar-refractivity contribution is 0.319. The average Bonchev–Trinajstić information content (AvgIpc) is 2.98. The summed E-state index contributed by atoms with van der Waals surface area (Å²) >= 11 is 0. The predicted octanol–water partition coefficient (Wildman–Crippen LogP) is 3.02. The van der Waals surface area contributed by atoms with Gasteiger partial charge in [0, 0.05) is 5.54 Å². The van der Waals surface area contributed by atoms with Gasteiger partial charge in [0.1, 0.15) is 5.75 Å². The molecule has 0 saturated heterocycles. The first-order valence-electron chi connectivity index (χ1n) is 5.94. The molecule has 0 atom stereocenters. The Morgan fingerprint density at radius 1 is 1.44 bits per heavy atom. The summed E-state index contributed by atoms with van der Waals surface area (Å²) in [5, 5.41) is 3.47. The minimum absolute atomic E-state index is 0.248. The van der Waals surface area contributed by atoms with Gasteiger partial charge in [0.05, 0.1) is 18.0 Å². The number of rotatable bonds is 5. The average molecular weight is 220 g/mol. The summed E-state index contributed by atoms with van der Waals surface area (Å²) in [5.74, 6) is 0.788. The van der Waals surface area contributed by atoms with Crippen LogP contribution in [0.4, 0.5) is 11.4 Å². The third-order valence-electron chi connectivity index (χ3n) is 2.96. The van der Waals surface area contributed by atoms with Crippen molar-refractivity contribution in [3.8, 4) is 5.75 Å². The van der Waals surface area contributed by atoms with Crippen molar-refractivity contribution in [2.24, 2.45) is 0 Å². The highest BCUT2D eigenvalue weighted by atomic mass is 16.5. The molecule has 0 unspecified atom stereocenters. The molecule has 1 aliphatic carbocycles. The summed E-state index contributed by atoms with van der Waals surface area (Å²) in [4.78, 5) is 0. The van der Waals surface area contributed by atoms with E-state index >= 15 is 0 Å². The molecule has 0 bridgehead atoms. The van der Waals surface area contributed by atoms with Crippen LogP contribution in [0.2, 0.25) is 0 Å². The number of nitrogens with two attached hydrogens (primary N) is 1. The summed E-state index contributed by atoms with van der Waals surface area (Å²) in [6.07, 6.45) is 3.42. The fraction of sp³-hybridized carbons (Fsp3) is 0.538. The molecule has 1 aromatic carbocycles. The zero-order valence-electron chi connectivity index (χ0n) is 10.0. The van der Waals surface area contributed by atoms with Crippen LogP contribution >= 0.6 is 0 Å². The van der Waals surface area contributed by atoms with Crippen LogP contribution < -0.4 is 15.8 Å². The van der Waals surface area contributed by atoms with Gasteiger partial charge < -0.3 is 15.8 Å². The van der Waals surface area contributed by atoms with E-state index in [0.29, 0.717) is 6.61 Å².